The number of hydrogen-bond donors (Lipinski definition) is 1. The molecule has 2 aromatic rings. The molecule has 0 fully saturated rings. The largest absolute Gasteiger partial charge is 0.251 e. The van der Waals surface area contributed by atoms with Crippen molar-refractivity contribution in [2.24, 2.45) is 4.99 Å². The smallest absolute Gasteiger partial charge is 0.205 e. The van der Waals surface area contributed by atoms with Gasteiger partial charge < -0.3 is 0 Å². The van der Waals surface area contributed by atoms with Gasteiger partial charge in [-0.2, -0.15) is 5.10 Å². The highest BCUT2D eigenvalue weighted by molar-refractivity contribution is 7.06. The number of rotatable bonds is 1. The van der Waals surface area contributed by atoms with Gasteiger partial charge in [-0.1, -0.05) is 29.5 Å². The Morgan fingerprint density at radius 3 is 2.83 bits per heavy atom. The van der Waals surface area contributed by atoms with Crippen LogP contribution in [0.1, 0.15) is 0 Å². The highest BCUT2D eigenvalue weighted by Gasteiger charge is 1.85. The Balaban J connectivity index is 2.42. The highest BCUT2D eigenvalue weighted by Crippen LogP contribution is 2.07. The maximum Gasteiger partial charge on any atom is 0.205 e. The maximum absolute atomic E-state index is 4.27. The molecule has 0 atom stereocenters. The van der Waals surface area contributed by atoms with Crippen LogP contribution in [0, 0.1) is 5.51 Å². The van der Waals surface area contributed by atoms with E-state index in [0.717, 1.165) is 10.5 Å². The van der Waals surface area contributed by atoms with Gasteiger partial charge in [-0.25, -0.2) is 4.99 Å². The van der Waals surface area contributed by atoms with Crippen molar-refractivity contribution in [3.63, 3.8) is 0 Å². The molecule has 4 heteroatoms. The van der Waals surface area contributed by atoms with Crippen molar-refractivity contribution in [1.82, 2.24) is 10.2 Å². The summed E-state index contributed by atoms with van der Waals surface area (Å²) in [6, 6.07) is 9.73. The zero-order valence-electron chi connectivity index (χ0n) is 6.19. The molecule has 0 amide bonds. The van der Waals surface area contributed by atoms with E-state index >= 15 is 0 Å². The molecular weight excluding hydrogens is 170 g/mol. The Labute approximate surface area is 73.4 Å². The Kier molecular flexibility index (Phi) is 2.00. The minimum absolute atomic E-state index is 0.765. The van der Waals surface area contributed by atoms with Gasteiger partial charge in [0, 0.05) is 0 Å². The third-order valence-electron chi connectivity index (χ3n) is 1.33. The lowest BCUT2D eigenvalue weighted by atomic mass is 10.3. The number of hydrogen-bond acceptors (Lipinski definition) is 3. The summed E-state index contributed by atoms with van der Waals surface area (Å²) in [6.45, 7) is 0. The van der Waals surface area contributed by atoms with Gasteiger partial charge in [-0.15, -0.1) is 0 Å². The first-order valence-electron chi connectivity index (χ1n) is 3.46. The van der Waals surface area contributed by atoms with Crippen molar-refractivity contribution >= 4 is 17.0 Å². The van der Waals surface area contributed by atoms with E-state index in [1.807, 2.05) is 30.3 Å². The van der Waals surface area contributed by atoms with Gasteiger partial charge in [-0.3, -0.25) is 5.10 Å². The number of aromatic nitrogens is 2. The fourth-order valence-corrected chi connectivity index (χ4v) is 1.25. The molecule has 59 valence electrons. The molecule has 0 saturated heterocycles. The first kappa shape index (κ1) is 7.24. The molecule has 1 radical (unpaired) electrons. The van der Waals surface area contributed by atoms with Crippen LogP contribution in [0.3, 0.4) is 0 Å². The van der Waals surface area contributed by atoms with E-state index in [9.17, 15) is 0 Å². The predicted octanol–water partition coefficient (Wildman–Crippen LogP) is 1.50. The second-order valence-electron chi connectivity index (χ2n) is 2.17. The van der Waals surface area contributed by atoms with Crippen molar-refractivity contribution in [2.75, 3.05) is 0 Å². The Hall–Kier alpha value is -1.42. The van der Waals surface area contributed by atoms with Crippen LogP contribution in [0.25, 0.3) is 0 Å². The van der Waals surface area contributed by atoms with Gasteiger partial charge in [0.2, 0.25) is 4.80 Å². The fourth-order valence-electron chi connectivity index (χ4n) is 0.827. The summed E-state index contributed by atoms with van der Waals surface area (Å²) in [5.41, 5.74) is 3.61. The number of nitrogens with zero attached hydrogens (tertiary/aromatic N) is 2. The number of para-hydroxylation sites is 1. The van der Waals surface area contributed by atoms with Crippen LogP contribution in [0.2, 0.25) is 0 Å². The Morgan fingerprint density at radius 1 is 1.33 bits per heavy atom. The molecule has 0 unspecified atom stereocenters. The van der Waals surface area contributed by atoms with Gasteiger partial charge in [0.25, 0.3) is 0 Å². The summed E-state index contributed by atoms with van der Waals surface area (Å²) in [6.07, 6.45) is 0. The number of nitrogens with one attached hydrogen (secondary N) is 1. The SMILES string of the molecule is [c]1n[nH]/c(=N\c2ccccc2)s1. The number of benzene rings is 1. The van der Waals surface area contributed by atoms with Crippen LogP contribution in [-0.4, -0.2) is 10.2 Å². The van der Waals surface area contributed by atoms with Gasteiger partial charge >= 0.3 is 0 Å². The zero-order chi connectivity index (χ0) is 8.23. The lowest BCUT2D eigenvalue weighted by molar-refractivity contribution is 1.02. The molecule has 0 aliphatic carbocycles. The molecule has 1 aromatic carbocycles. The number of aromatic amines is 1. The molecule has 0 saturated carbocycles. The predicted molar refractivity (Wildman–Crippen MR) is 47.0 cm³/mol. The van der Waals surface area contributed by atoms with Crippen LogP contribution < -0.4 is 4.80 Å². The third-order valence-corrected chi connectivity index (χ3v) is 1.88. The molecule has 1 N–H and O–H groups in total. The molecule has 0 bridgehead atoms. The standard InChI is InChI=1S/C8H6N3S/c1-2-4-7(5-3-1)10-8-11-9-6-12-8/h1-5H,(H,10,11). The Morgan fingerprint density at radius 2 is 2.17 bits per heavy atom. The minimum Gasteiger partial charge on any atom is -0.251 e. The van der Waals surface area contributed by atoms with Crippen LogP contribution in [0.4, 0.5) is 5.69 Å². The van der Waals surface area contributed by atoms with Crippen LogP contribution >= 0.6 is 11.3 Å². The molecule has 0 spiro atoms. The number of H-pyrrole nitrogens is 1. The summed E-state index contributed by atoms with van der Waals surface area (Å²) in [5, 5.41) is 6.43. The Bertz CT molecular complexity index is 385. The van der Waals surface area contributed by atoms with E-state index in [2.05, 4.69) is 20.7 Å². The van der Waals surface area contributed by atoms with Crippen molar-refractivity contribution in [3.05, 3.63) is 40.6 Å². The molecule has 0 aliphatic rings. The topological polar surface area (TPSA) is 41.0 Å². The molecule has 0 aliphatic heterocycles. The third kappa shape index (κ3) is 1.60. The van der Waals surface area contributed by atoms with E-state index in [-0.39, 0.29) is 0 Å². The van der Waals surface area contributed by atoms with Gasteiger partial charge in [0.15, 0.2) is 5.51 Å². The zero-order valence-corrected chi connectivity index (χ0v) is 7.01. The maximum atomic E-state index is 4.27. The summed E-state index contributed by atoms with van der Waals surface area (Å²) in [7, 11) is 0. The molecule has 2 rings (SSSR count). The quantitative estimate of drug-likeness (QED) is 0.703. The van der Waals surface area contributed by atoms with E-state index in [0.29, 0.717) is 0 Å². The minimum atomic E-state index is 0.765. The molecule has 1 heterocycles. The van der Waals surface area contributed by atoms with E-state index in [4.69, 9.17) is 0 Å². The fraction of sp³-hybridized carbons (Fsp3) is 0. The average molecular weight is 176 g/mol. The van der Waals surface area contributed by atoms with Gasteiger partial charge in [-0.05, 0) is 12.1 Å². The van der Waals surface area contributed by atoms with Gasteiger partial charge in [0.1, 0.15) is 0 Å². The van der Waals surface area contributed by atoms with Crippen molar-refractivity contribution in [2.45, 2.75) is 0 Å². The van der Waals surface area contributed by atoms with Crippen molar-refractivity contribution in [1.29, 1.82) is 0 Å². The van der Waals surface area contributed by atoms with E-state index in [1.165, 1.54) is 11.3 Å². The average Bonchev–Trinajstić information content (AvgIpc) is 2.59. The first-order chi connectivity index (χ1) is 5.95. The summed E-state index contributed by atoms with van der Waals surface area (Å²) < 4.78 is 0. The van der Waals surface area contributed by atoms with Crippen LogP contribution in [0.5, 0.6) is 0 Å². The van der Waals surface area contributed by atoms with Crippen molar-refractivity contribution < 1.29 is 0 Å². The summed E-state index contributed by atoms with van der Waals surface area (Å²) >= 11 is 1.36. The normalized spacial score (nSPS) is 11.8. The molecule has 3 nitrogen and oxygen atoms in total. The van der Waals surface area contributed by atoms with Gasteiger partial charge in [0.05, 0.1) is 5.69 Å². The second kappa shape index (κ2) is 3.32. The lowest BCUT2D eigenvalue weighted by Crippen LogP contribution is -1.95. The van der Waals surface area contributed by atoms with Crippen molar-refractivity contribution in [3.8, 4) is 0 Å². The van der Waals surface area contributed by atoms with Crippen LogP contribution in [0.15, 0.2) is 35.3 Å². The lowest BCUT2D eigenvalue weighted by Gasteiger charge is -1.87. The van der Waals surface area contributed by atoms with Crippen LogP contribution in [-0.2, 0) is 0 Å². The molecule has 12 heavy (non-hydrogen) atoms. The first-order valence-corrected chi connectivity index (χ1v) is 4.28. The summed E-state index contributed by atoms with van der Waals surface area (Å²) in [4.78, 5) is 5.04. The monoisotopic (exact) mass is 176 g/mol. The summed E-state index contributed by atoms with van der Waals surface area (Å²) in [5.74, 6) is 0. The van der Waals surface area contributed by atoms with E-state index in [1.54, 1.807) is 0 Å². The highest BCUT2D eigenvalue weighted by atomic mass is 32.1. The molecular formula is C8H6N3S. The molecule has 1 aromatic heterocycles. The second-order valence-corrected chi connectivity index (χ2v) is 2.94. The van der Waals surface area contributed by atoms with E-state index < -0.39 is 0 Å².